The third-order valence-corrected chi connectivity index (χ3v) is 4.47. The van der Waals surface area contributed by atoms with Crippen molar-refractivity contribution in [3.05, 3.63) is 54.4 Å². The second-order valence-corrected chi connectivity index (χ2v) is 6.50. The molecule has 1 aliphatic heterocycles. The fraction of sp³-hybridized carbons (Fsp3) is 0.300. The molecule has 7 nitrogen and oxygen atoms in total. The number of hydrogen-bond donors (Lipinski definition) is 1. The van der Waals surface area contributed by atoms with Crippen LogP contribution in [-0.2, 0) is 14.4 Å². The van der Waals surface area contributed by atoms with Gasteiger partial charge in [0.25, 0.3) is 5.91 Å². The summed E-state index contributed by atoms with van der Waals surface area (Å²) in [5.74, 6) is -0.726. The first-order valence-electron chi connectivity index (χ1n) is 8.81. The molecule has 0 bridgehead atoms. The van der Waals surface area contributed by atoms with Gasteiger partial charge in [-0.3, -0.25) is 20.0 Å². The van der Waals surface area contributed by atoms with Gasteiger partial charge in [-0.2, -0.15) is 0 Å². The normalized spacial score (nSPS) is 14.3. The van der Waals surface area contributed by atoms with E-state index in [0.29, 0.717) is 30.9 Å². The highest BCUT2D eigenvalue weighted by atomic mass is 16.7. The molecule has 7 heteroatoms. The first kappa shape index (κ1) is 18.6. The Morgan fingerprint density at radius 3 is 2.59 bits per heavy atom. The molecule has 0 fully saturated rings. The van der Waals surface area contributed by atoms with E-state index in [2.05, 4.69) is 4.98 Å². The number of aromatic nitrogens is 1. The molecule has 0 saturated heterocycles. The first-order chi connectivity index (χ1) is 13.0. The monoisotopic (exact) mass is 366 g/mol. The number of carbonyl (C=O) groups is 2. The van der Waals surface area contributed by atoms with Crippen LogP contribution >= 0.6 is 0 Å². The molecule has 0 spiro atoms. The van der Waals surface area contributed by atoms with Crippen molar-refractivity contribution in [1.82, 2.24) is 4.98 Å². The maximum Gasteiger partial charge on any atom is 0.329 e. The maximum absolute atomic E-state index is 12.9. The van der Waals surface area contributed by atoms with E-state index in [4.69, 9.17) is 10.2 Å². The zero-order chi connectivity index (χ0) is 19.4. The summed E-state index contributed by atoms with van der Waals surface area (Å²) in [7, 11) is 0. The number of nitrogens with one attached hydrogen (secondary N) is 1. The highest BCUT2D eigenvalue weighted by Gasteiger charge is 2.30. The van der Waals surface area contributed by atoms with Crippen LogP contribution in [0.2, 0.25) is 0 Å². The lowest BCUT2D eigenvalue weighted by molar-refractivity contribution is -0.142. The number of anilines is 2. The van der Waals surface area contributed by atoms with Crippen molar-refractivity contribution in [3.8, 4) is 0 Å². The summed E-state index contributed by atoms with van der Waals surface area (Å²) in [5.41, 5.74) is 2.31. The van der Waals surface area contributed by atoms with Crippen LogP contribution in [0.25, 0.3) is 0 Å². The molecule has 2 heterocycles. The summed E-state index contributed by atoms with van der Waals surface area (Å²) < 4.78 is 0. The predicted molar refractivity (Wildman–Crippen MR) is 103 cm³/mol. The van der Waals surface area contributed by atoms with Gasteiger partial charge < -0.3 is 9.74 Å². The van der Waals surface area contributed by atoms with E-state index >= 15 is 0 Å². The molecule has 27 heavy (non-hydrogen) atoms. The summed E-state index contributed by atoms with van der Waals surface area (Å²) in [6.45, 7) is 4.02. The first-order valence-corrected chi connectivity index (χ1v) is 8.81. The highest BCUT2D eigenvalue weighted by molar-refractivity contribution is 6.43. The molecular weight excluding hydrogens is 344 g/mol. The molecule has 0 aliphatic carbocycles. The standard InChI is InChI=1S/C20H22N4O3/c1-14(16-6-5-9-22-13-16)12-17(21)20(26)23-10-11-24(27-15(2)25)19-8-4-3-7-18(19)23/h3-9,13-14,21H,10-12H2,1-2H3. The molecule has 0 radical (unpaired) electrons. The van der Waals surface area contributed by atoms with Gasteiger partial charge in [-0.05, 0) is 29.7 Å². The van der Waals surface area contributed by atoms with Gasteiger partial charge >= 0.3 is 5.97 Å². The molecule has 1 unspecified atom stereocenters. The number of benzene rings is 1. The van der Waals surface area contributed by atoms with Gasteiger partial charge in [0.15, 0.2) is 0 Å². The van der Waals surface area contributed by atoms with Gasteiger partial charge in [-0.25, -0.2) is 5.06 Å². The van der Waals surface area contributed by atoms with E-state index < -0.39 is 5.97 Å². The largest absolute Gasteiger partial charge is 0.341 e. The molecule has 1 N–H and O–H groups in total. The maximum atomic E-state index is 12.9. The van der Waals surface area contributed by atoms with Crippen molar-refractivity contribution in [1.29, 1.82) is 5.41 Å². The molecule has 1 aromatic heterocycles. The molecule has 140 valence electrons. The van der Waals surface area contributed by atoms with Crippen molar-refractivity contribution in [3.63, 3.8) is 0 Å². The number of hydroxylamine groups is 1. The summed E-state index contributed by atoms with van der Waals surface area (Å²) >= 11 is 0. The van der Waals surface area contributed by atoms with E-state index in [0.717, 1.165) is 5.56 Å². The molecule has 1 aliphatic rings. The van der Waals surface area contributed by atoms with Gasteiger partial charge in [0, 0.05) is 32.3 Å². The number of hydrogen-bond acceptors (Lipinski definition) is 6. The number of amides is 1. The van der Waals surface area contributed by atoms with Gasteiger partial charge in [-0.15, -0.1) is 0 Å². The van der Waals surface area contributed by atoms with Crippen LogP contribution in [0.15, 0.2) is 48.8 Å². The molecule has 1 atom stereocenters. The summed E-state index contributed by atoms with van der Waals surface area (Å²) in [6, 6.07) is 11.0. The molecular formula is C20H22N4O3. The fourth-order valence-electron chi connectivity index (χ4n) is 3.14. The van der Waals surface area contributed by atoms with E-state index in [1.807, 2.05) is 31.2 Å². The van der Waals surface area contributed by atoms with Crippen LogP contribution in [0.5, 0.6) is 0 Å². The average molecular weight is 366 g/mol. The minimum atomic E-state index is -0.414. The van der Waals surface area contributed by atoms with E-state index in [1.165, 1.54) is 12.0 Å². The third-order valence-electron chi connectivity index (χ3n) is 4.47. The number of rotatable bonds is 5. The van der Waals surface area contributed by atoms with Gasteiger partial charge in [0.2, 0.25) is 0 Å². The van der Waals surface area contributed by atoms with Gasteiger partial charge in [-0.1, -0.05) is 25.1 Å². The lowest BCUT2D eigenvalue weighted by atomic mass is 9.96. The Hall–Kier alpha value is -3.22. The van der Waals surface area contributed by atoms with Crippen molar-refractivity contribution in [2.24, 2.45) is 0 Å². The Morgan fingerprint density at radius 1 is 1.19 bits per heavy atom. The van der Waals surface area contributed by atoms with Crippen LogP contribution in [0.1, 0.15) is 31.7 Å². The molecule has 0 saturated carbocycles. The molecule has 1 amide bonds. The number of pyridine rings is 1. The van der Waals surface area contributed by atoms with Crippen LogP contribution < -0.4 is 9.96 Å². The SMILES string of the molecule is CC(=O)ON1CCN(C(=O)C(=N)CC(C)c2cccnc2)c2ccccc21. The zero-order valence-electron chi connectivity index (χ0n) is 15.4. The summed E-state index contributed by atoms with van der Waals surface area (Å²) in [6.07, 6.45) is 3.79. The van der Waals surface area contributed by atoms with Crippen molar-refractivity contribution in [2.75, 3.05) is 23.1 Å². The second kappa shape index (κ2) is 7.99. The Kier molecular flexibility index (Phi) is 5.49. The predicted octanol–water partition coefficient (Wildman–Crippen LogP) is 2.93. The Bertz CT molecular complexity index is 853. The highest BCUT2D eigenvalue weighted by Crippen LogP contribution is 2.33. The van der Waals surface area contributed by atoms with E-state index in [9.17, 15) is 9.59 Å². The minimum Gasteiger partial charge on any atom is -0.341 e. The number of carbonyl (C=O) groups excluding carboxylic acids is 2. The minimum absolute atomic E-state index is 0.0210. The van der Waals surface area contributed by atoms with Crippen molar-refractivity contribution in [2.45, 2.75) is 26.2 Å². The lowest BCUT2D eigenvalue weighted by Crippen LogP contribution is -2.47. The molecule has 3 rings (SSSR count). The van der Waals surface area contributed by atoms with Crippen LogP contribution in [0, 0.1) is 5.41 Å². The van der Waals surface area contributed by atoms with Crippen molar-refractivity contribution < 1.29 is 14.4 Å². The van der Waals surface area contributed by atoms with Crippen LogP contribution in [-0.4, -0.2) is 35.7 Å². The average Bonchev–Trinajstić information content (AvgIpc) is 2.68. The molecule has 1 aromatic carbocycles. The Morgan fingerprint density at radius 2 is 1.93 bits per heavy atom. The Balaban J connectivity index is 1.76. The molecule has 2 aromatic rings. The summed E-state index contributed by atoms with van der Waals surface area (Å²) in [5, 5.41) is 9.79. The quantitative estimate of drug-likeness (QED) is 0.822. The van der Waals surface area contributed by atoms with Gasteiger partial charge in [0.1, 0.15) is 0 Å². The van der Waals surface area contributed by atoms with Gasteiger partial charge in [0.05, 0.1) is 23.6 Å². The van der Waals surface area contributed by atoms with Crippen LogP contribution in [0.4, 0.5) is 11.4 Å². The number of nitrogens with zero attached hydrogens (tertiary/aromatic N) is 3. The van der Waals surface area contributed by atoms with E-state index in [1.54, 1.807) is 29.4 Å². The van der Waals surface area contributed by atoms with E-state index in [-0.39, 0.29) is 17.5 Å². The second-order valence-electron chi connectivity index (χ2n) is 6.50. The van der Waals surface area contributed by atoms with Crippen LogP contribution in [0.3, 0.4) is 0 Å². The zero-order valence-corrected chi connectivity index (χ0v) is 15.4. The summed E-state index contributed by atoms with van der Waals surface area (Å²) in [4.78, 5) is 35.1. The topological polar surface area (TPSA) is 86.6 Å². The smallest absolute Gasteiger partial charge is 0.329 e. The van der Waals surface area contributed by atoms with Crippen molar-refractivity contribution >= 4 is 29.0 Å². The third kappa shape index (κ3) is 4.13. The number of para-hydroxylation sites is 2. The lowest BCUT2D eigenvalue weighted by Gasteiger charge is -2.36. The fourth-order valence-corrected chi connectivity index (χ4v) is 3.14. The number of fused-ring (bicyclic) bond motifs is 1. The Labute approximate surface area is 158 Å².